The molecule has 2 atom stereocenters. The molecule has 21 heavy (non-hydrogen) atoms. The first-order valence-electron chi connectivity index (χ1n) is 7.83. The van der Waals surface area contributed by atoms with Crippen molar-refractivity contribution in [2.45, 2.75) is 59.5 Å². The number of nitriles is 1. The first-order valence-corrected chi connectivity index (χ1v) is 8.96. The molecule has 0 saturated heterocycles. The largest absolute Gasteiger partial charge is 0.322 e. The van der Waals surface area contributed by atoms with Crippen LogP contribution in [0.5, 0.6) is 0 Å². The van der Waals surface area contributed by atoms with E-state index in [0.717, 1.165) is 13.0 Å². The molecule has 0 aliphatic heterocycles. The lowest BCUT2D eigenvalue weighted by molar-refractivity contribution is 0.156. The third-order valence-electron chi connectivity index (χ3n) is 3.15. The maximum Gasteiger partial charge on any atom is 0.259 e. The minimum absolute atomic E-state index is 0.350. The smallest absolute Gasteiger partial charge is 0.259 e. The molecular formula is C15H32N3O2P. The lowest BCUT2D eigenvalue weighted by Crippen LogP contribution is -2.34. The van der Waals surface area contributed by atoms with Crippen LogP contribution in [0.2, 0.25) is 0 Å². The molecule has 0 rings (SSSR count). The van der Waals surface area contributed by atoms with Crippen LogP contribution in [-0.2, 0) is 9.05 Å². The van der Waals surface area contributed by atoms with Gasteiger partial charge in [0.2, 0.25) is 0 Å². The Morgan fingerprint density at radius 2 is 1.81 bits per heavy atom. The highest BCUT2D eigenvalue weighted by molar-refractivity contribution is 7.44. The number of hydrogen-bond donors (Lipinski definition) is 1. The molecule has 0 saturated carbocycles. The van der Waals surface area contributed by atoms with Crippen LogP contribution in [0.3, 0.4) is 0 Å². The van der Waals surface area contributed by atoms with Gasteiger partial charge in [-0.25, -0.2) is 4.67 Å². The van der Waals surface area contributed by atoms with Crippen molar-refractivity contribution in [3.8, 4) is 6.07 Å². The lowest BCUT2D eigenvalue weighted by atomic mass is 10.1. The maximum atomic E-state index is 8.68. The number of nitrogens with one attached hydrogen (secondary N) is 1. The number of nitrogens with zero attached hydrogens (tertiary/aromatic N) is 2. The average molecular weight is 317 g/mol. The summed E-state index contributed by atoms with van der Waals surface area (Å²) >= 11 is 0. The van der Waals surface area contributed by atoms with Crippen molar-refractivity contribution in [2.24, 2.45) is 5.92 Å². The first kappa shape index (κ1) is 20.8. The highest BCUT2D eigenvalue weighted by Crippen LogP contribution is 2.46. The van der Waals surface area contributed by atoms with E-state index in [1.165, 1.54) is 0 Å². The number of rotatable bonds is 12. The van der Waals surface area contributed by atoms with Crippen molar-refractivity contribution in [1.29, 1.82) is 5.26 Å². The van der Waals surface area contributed by atoms with Gasteiger partial charge in [0.25, 0.3) is 8.53 Å². The molecule has 0 aromatic carbocycles. The van der Waals surface area contributed by atoms with Gasteiger partial charge in [-0.1, -0.05) is 6.92 Å². The monoisotopic (exact) mass is 317 g/mol. The molecule has 0 heterocycles. The van der Waals surface area contributed by atoms with Gasteiger partial charge < -0.3 is 14.4 Å². The Balaban J connectivity index is 4.66. The second-order valence-electron chi connectivity index (χ2n) is 5.67. The summed E-state index contributed by atoms with van der Waals surface area (Å²) in [4.78, 5) is 0. The summed E-state index contributed by atoms with van der Waals surface area (Å²) in [5.41, 5.74) is 0. The molecule has 5 nitrogen and oxygen atoms in total. The summed E-state index contributed by atoms with van der Waals surface area (Å²) in [5.74, 6) is 0.487. The van der Waals surface area contributed by atoms with Crippen molar-refractivity contribution >= 4 is 8.53 Å². The Morgan fingerprint density at radius 3 is 2.24 bits per heavy atom. The SMILES string of the molecule is CCC(CNC)COP(OCCC#N)N(C(C)C)C(C)C. The minimum Gasteiger partial charge on any atom is -0.322 e. The van der Waals surface area contributed by atoms with Crippen LogP contribution in [0.1, 0.15) is 47.5 Å². The molecule has 0 radical (unpaired) electrons. The van der Waals surface area contributed by atoms with Gasteiger partial charge in [0.1, 0.15) is 0 Å². The fraction of sp³-hybridized carbons (Fsp3) is 0.933. The van der Waals surface area contributed by atoms with Crippen LogP contribution in [0.25, 0.3) is 0 Å². The van der Waals surface area contributed by atoms with Gasteiger partial charge in [0, 0.05) is 12.1 Å². The van der Waals surface area contributed by atoms with E-state index < -0.39 is 8.53 Å². The van der Waals surface area contributed by atoms with E-state index in [1.807, 2.05) is 7.05 Å². The fourth-order valence-corrected chi connectivity index (χ4v) is 3.77. The van der Waals surface area contributed by atoms with E-state index in [2.05, 4.69) is 50.7 Å². The maximum absolute atomic E-state index is 8.68. The predicted molar refractivity (Wildman–Crippen MR) is 88.9 cm³/mol. The van der Waals surface area contributed by atoms with Crippen molar-refractivity contribution < 1.29 is 9.05 Å². The zero-order chi connectivity index (χ0) is 16.3. The van der Waals surface area contributed by atoms with Crippen LogP contribution in [0.15, 0.2) is 0 Å². The summed E-state index contributed by atoms with van der Waals surface area (Å²) in [6, 6.07) is 2.82. The highest BCUT2D eigenvalue weighted by atomic mass is 31.2. The zero-order valence-corrected chi connectivity index (χ0v) is 15.3. The van der Waals surface area contributed by atoms with E-state index in [4.69, 9.17) is 14.3 Å². The van der Waals surface area contributed by atoms with Crippen LogP contribution < -0.4 is 5.32 Å². The van der Waals surface area contributed by atoms with E-state index >= 15 is 0 Å². The van der Waals surface area contributed by atoms with Gasteiger partial charge in [-0.05, 0) is 53.6 Å². The van der Waals surface area contributed by atoms with E-state index in [-0.39, 0.29) is 0 Å². The summed E-state index contributed by atoms with van der Waals surface area (Å²) in [6.07, 6.45) is 1.48. The summed E-state index contributed by atoms with van der Waals surface area (Å²) < 4.78 is 14.2. The lowest BCUT2D eigenvalue weighted by Gasteiger charge is -2.36. The Bertz CT molecular complexity index is 287. The van der Waals surface area contributed by atoms with Crippen molar-refractivity contribution in [1.82, 2.24) is 9.99 Å². The molecule has 0 aliphatic carbocycles. The quantitative estimate of drug-likeness (QED) is 0.441. The second kappa shape index (κ2) is 12.3. The molecule has 2 unspecified atom stereocenters. The predicted octanol–water partition coefficient (Wildman–Crippen LogP) is 3.52. The van der Waals surface area contributed by atoms with Gasteiger partial charge >= 0.3 is 0 Å². The molecule has 0 bridgehead atoms. The topological polar surface area (TPSA) is 57.5 Å². The van der Waals surface area contributed by atoms with E-state index in [1.54, 1.807) is 0 Å². The minimum atomic E-state index is -1.11. The van der Waals surface area contributed by atoms with Gasteiger partial charge in [-0.2, -0.15) is 5.26 Å². The molecule has 1 N–H and O–H groups in total. The van der Waals surface area contributed by atoms with Gasteiger partial charge in [0.15, 0.2) is 0 Å². The molecule has 6 heteroatoms. The molecule has 0 aromatic rings. The second-order valence-corrected chi connectivity index (χ2v) is 7.13. The molecule has 0 amide bonds. The molecule has 0 fully saturated rings. The third-order valence-corrected chi connectivity index (χ3v) is 5.23. The molecule has 0 spiro atoms. The van der Waals surface area contributed by atoms with Crippen LogP contribution in [-0.4, -0.2) is 43.6 Å². The average Bonchev–Trinajstić information content (AvgIpc) is 2.42. The van der Waals surface area contributed by atoms with Gasteiger partial charge in [-0.15, -0.1) is 0 Å². The number of hydrogen-bond acceptors (Lipinski definition) is 5. The normalized spacial score (nSPS) is 14.7. The Labute approximate surface area is 132 Å². The molecule has 124 valence electrons. The van der Waals surface area contributed by atoms with Gasteiger partial charge in [-0.3, -0.25) is 0 Å². The van der Waals surface area contributed by atoms with Crippen molar-refractivity contribution in [3.63, 3.8) is 0 Å². The molecular weight excluding hydrogens is 285 g/mol. The summed E-state index contributed by atoms with van der Waals surface area (Å²) in [6.45, 7) is 12.8. The standard InChI is InChI=1S/C15H32N3O2P/c1-7-15(11-17-6)12-20-21(19-10-8-9-16)18(13(2)3)14(4)5/h13-15,17H,7-8,10-12H2,1-6H3. The Kier molecular flexibility index (Phi) is 12.2. The third kappa shape index (κ3) is 8.70. The summed E-state index contributed by atoms with van der Waals surface area (Å²) in [5, 5.41) is 11.9. The van der Waals surface area contributed by atoms with E-state index in [0.29, 0.717) is 37.6 Å². The fourth-order valence-electron chi connectivity index (χ4n) is 2.09. The molecule has 0 aromatic heterocycles. The Morgan fingerprint density at radius 1 is 1.19 bits per heavy atom. The van der Waals surface area contributed by atoms with Crippen LogP contribution in [0, 0.1) is 17.2 Å². The first-order chi connectivity index (χ1) is 9.97. The molecule has 0 aliphatic rings. The van der Waals surface area contributed by atoms with Crippen molar-refractivity contribution in [2.75, 3.05) is 26.8 Å². The Hall–Kier alpha value is -0.240. The van der Waals surface area contributed by atoms with Crippen LogP contribution in [0.4, 0.5) is 0 Å². The zero-order valence-electron chi connectivity index (χ0n) is 14.4. The van der Waals surface area contributed by atoms with Gasteiger partial charge in [0.05, 0.1) is 25.7 Å². The highest BCUT2D eigenvalue weighted by Gasteiger charge is 2.27. The van der Waals surface area contributed by atoms with Crippen molar-refractivity contribution in [3.05, 3.63) is 0 Å². The van der Waals surface area contributed by atoms with E-state index in [9.17, 15) is 0 Å². The van der Waals surface area contributed by atoms with Crippen LogP contribution >= 0.6 is 8.53 Å². The summed E-state index contributed by atoms with van der Waals surface area (Å²) in [7, 11) is 0.853.